The third kappa shape index (κ3) is 7.38. The number of benzene rings is 2. The first-order valence-corrected chi connectivity index (χ1v) is 10.6. The van der Waals surface area contributed by atoms with Crippen molar-refractivity contribution in [3.63, 3.8) is 0 Å². The number of nitrogens with one attached hydrogen (secondary N) is 1. The molecule has 0 amide bonds. The van der Waals surface area contributed by atoms with Gasteiger partial charge in [0, 0.05) is 35.2 Å². The number of halogens is 4. The minimum absolute atomic E-state index is 0. The monoisotopic (exact) mass is 501 g/mol. The fraction of sp³-hybridized carbons (Fsp3) is 0.261. The van der Waals surface area contributed by atoms with E-state index in [0.29, 0.717) is 46.4 Å². The summed E-state index contributed by atoms with van der Waals surface area (Å²) in [6, 6.07) is 15.1. The number of carboxylic acid groups (broad SMARTS) is 1. The zero-order valence-electron chi connectivity index (χ0n) is 17.6. The molecule has 33 heavy (non-hydrogen) atoms. The van der Waals surface area contributed by atoms with Gasteiger partial charge in [0.25, 0.3) is 0 Å². The molecule has 0 spiro atoms. The number of hydrogen-bond acceptors (Lipinski definition) is 5. The molecule has 0 aliphatic rings. The van der Waals surface area contributed by atoms with Crippen LogP contribution in [-0.2, 0) is 24.1 Å². The quantitative estimate of drug-likeness (QED) is 0.333. The molecule has 0 fully saturated rings. The summed E-state index contributed by atoms with van der Waals surface area (Å²) < 4.78 is 51.7. The van der Waals surface area contributed by atoms with E-state index in [1.165, 1.54) is 13.2 Å². The number of rotatable bonds is 10. The number of carboxylic acids is 1. The fourth-order valence-corrected chi connectivity index (χ4v) is 4.05. The van der Waals surface area contributed by atoms with Crippen LogP contribution in [0.15, 0.2) is 54.6 Å². The van der Waals surface area contributed by atoms with Crippen molar-refractivity contribution in [2.45, 2.75) is 25.7 Å². The molecule has 0 aliphatic heterocycles. The van der Waals surface area contributed by atoms with Crippen LogP contribution in [0.3, 0.4) is 0 Å². The number of methoxy groups -OCH3 is 1. The number of alkyl halides is 3. The van der Waals surface area contributed by atoms with Gasteiger partial charge in [0.1, 0.15) is 23.0 Å². The Balaban J connectivity index is 0.00000385. The molecule has 0 aliphatic carbocycles. The Bertz CT molecular complexity index is 1060. The third-order valence-electron chi connectivity index (χ3n) is 4.60. The smallest absolute Gasteiger partial charge is 0.426 e. The van der Waals surface area contributed by atoms with Gasteiger partial charge in [-0.2, -0.15) is 13.2 Å². The van der Waals surface area contributed by atoms with Crippen molar-refractivity contribution in [3.05, 3.63) is 69.9 Å². The first-order valence-electron chi connectivity index (χ1n) is 9.75. The molecule has 3 aromatic rings. The molecule has 0 atom stereocenters. The van der Waals surface area contributed by atoms with Crippen molar-refractivity contribution in [1.82, 2.24) is 5.32 Å². The summed E-state index contributed by atoms with van der Waals surface area (Å²) in [5.74, 6) is 0.114. The molecule has 2 N–H and O–H groups in total. The summed E-state index contributed by atoms with van der Waals surface area (Å²) in [6.07, 6.45) is -4.44. The Morgan fingerprint density at radius 1 is 1.12 bits per heavy atom. The Hall–Kier alpha value is -2.75. The maximum atomic E-state index is 13.5. The van der Waals surface area contributed by atoms with Crippen molar-refractivity contribution in [3.8, 4) is 22.6 Å². The van der Waals surface area contributed by atoms with Gasteiger partial charge < -0.3 is 19.9 Å². The standard InChI is InChI=1S/C23H22F3NO4S.ClH/c1-30-20-11-17(8-7-16(20)13-27-10-9-21(28)29)31-14-18-12-19(15-5-3-2-4-6-15)22(32-18)23(24,25)26;/h2-8,11-12,27H,9-10,13-14H2,1H3,(H,28,29);1H. The van der Waals surface area contributed by atoms with Crippen LogP contribution in [0, 0.1) is 0 Å². The largest absolute Gasteiger partial charge is 0.496 e. The molecule has 10 heteroatoms. The zero-order chi connectivity index (χ0) is 23.1. The Morgan fingerprint density at radius 3 is 2.48 bits per heavy atom. The van der Waals surface area contributed by atoms with Crippen molar-refractivity contribution < 1.29 is 32.5 Å². The molecule has 1 aromatic heterocycles. The van der Waals surface area contributed by atoms with E-state index in [-0.39, 0.29) is 31.0 Å². The van der Waals surface area contributed by atoms with Crippen LogP contribution in [0.2, 0.25) is 0 Å². The lowest BCUT2D eigenvalue weighted by atomic mass is 10.1. The Labute approximate surface area is 199 Å². The van der Waals surface area contributed by atoms with Gasteiger partial charge >= 0.3 is 12.1 Å². The summed E-state index contributed by atoms with van der Waals surface area (Å²) in [6.45, 7) is 0.720. The first kappa shape index (κ1) is 26.5. The topological polar surface area (TPSA) is 67.8 Å². The Morgan fingerprint density at radius 2 is 1.85 bits per heavy atom. The maximum Gasteiger partial charge on any atom is 0.426 e. The molecule has 0 radical (unpaired) electrons. The molecule has 3 rings (SSSR count). The van der Waals surface area contributed by atoms with Gasteiger partial charge in [-0.1, -0.05) is 36.4 Å². The molecule has 0 unspecified atom stereocenters. The van der Waals surface area contributed by atoms with Gasteiger partial charge in [0.15, 0.2) is 0 Å². The van der Waals surface area contributed by atoms with Crippen molar-refractivity contribution >= 4 is 29.7 Å². The van der Waals surface area contributed by atoms with Crippen molar-refractivity contribution in [1.29, 1.82) is 0 Å². The van der Waals surface area contributed by atoms with Crippen LogP contribution in [0.1, 0.15) is 21.7 Å². The molecule has 2 aromatic carbocycles. The SMILES string of the molecule is COc1cc(OCc2cc(-c3ccccc3)c(C(F)(F)F)s2)ccc1CNCCC(=O)O.Cl. The summed E-state index contributed by atoms with van der Waals surface area (Å²) in [5.41, 5.74) is 1.46. The average Bonchev–Trinajstić information content (AvgIpc) is 3.21. The van der Waals surface area contributed by atoms with Crippen LogP contribution in [0.5, 0.6) is 11.5 Å². The third-order valence-corrected chi connectivity index (χ3v) is 5.75. The van der Waals surface area contributed by atoms with Crippen molar-refractivity contribution in [2.75, 3.05) is 13.7 Å². The summed E-state index contributed by atoms with van der Waals surface area (Å²) in [4.78, 5) is 10.4. The maximum absolute atomic E-state index is 13.5. The van der Waals surface area contributed by atoms with Gasteiger partial charge in [0.05, 0.1) is 13.5 Å². The minimum Gasteiger partial charge on any atom is -0.496 e. The molecular formula is C23H23ClF3NO4S. The van der Waals surface area contributed by atoms with E-state index < -0.39 is 17.0 Å². The lowest BCUT2D eigenvalue weighted by Crippen LogP contribution is -2.18. The zero-order valence-corrected chi connectivity index (χ0v) is 19.3. The van der Waals surface area contributed by atoms with Gasteiger partial charge in [-0.05, 0) is 17.7 Å². The first-order chi connectivity index (χ1) is 15.3. The highest BCUT2D eigenvalue weighted by Gasteiger charge is 2.36. The highest BCUT2D eigenvalue weighted by Crippen LogP contribution is 2.43. The predicted molar refractivity (Wildman–Crippen MR) is 123 cm³/mol. The van der Waals surface area contributed by atoms with E-state index in [1.807, 2.05) is 0 Å². The van der Waals surface area contributed by atoms with E-state index in [4.69, 9.17) is 14.6 Å². The molecule has 178 valence electrons. The molecule has 1 heterocycles. The Kier molecular flexibility index (Phi) is 9.57. The molecule has 5 nitrogen and oxygen atoms in total. The van der Waals surface area contributed by atoms with Gasteiger partial charge in [-0.3, -0.25) is 4.79 Å². The van der Waals surface area contributed by atoms with Gasteiger partial charge in [-0.15, -0.1) is 23.7 Å². The van der Waals surface area contributed by atoms with E-state index in [1.54, 1.807) is 48.5 Å². The molecule has 0 bridgehead atoms. The second-order valence-corrected chi connectivity index (χ2v) is 8.04. The normalized spacial score (nSPS) is 11.0. The number of thiophene rings is 1. The van der Waals surface area contributed by atoms with Crippen LogP contribution in [0.25, 0.3) is 11.1 Å². The summed E-state index contributed by atoms with van der Waals surface area (Å²) in [5, 5.41) is 11.7. The lowest BCUT2D eigenvalue weighted by Gasteiger charge is -2.12. The van der Waals surface area contributed by atoms with Gasteiger partial charge in [-0.25, -0.2) is 0 Å². The second kappa shape index (κ2) is 11.9. The van der Waals surface area contributed by atoms with Crippen LogP contribution >= 0.6 is 23.7 Å². The van der Waals surface area contributed by atoms with Crippen LogP contribution in [0.4, 0.5) is 13.2 Å². The fourth-order valence-electron chi connectivity index (χ4n) is 3.09. The molecule has 0 saturated carbocycles. The van der Waals surface area contributed by atoms with E-state index in [9.17, 15) is 18.0 Å². The number of hydrogen-bond donors (Lipinski definition) is 2. The van der Waals surface area contributed by atoms with Gasteiger partial charge in [0.2, 0.25) is 0 Å². The molecular weight excluding hydrogens is 479 g/mol. The number of aliphatic carboxylic acids is 1. The molecule has 0 saturated heterocycles. The summed E-state index contributed by atoms with van der Waals surface area (Å²) >= 11 is 0.670. The predicted octanol–water partition coefficient (Wildman–Crippen LogP) is 6.01. The van der Waals surface area contributed by atoms with Crippen LogP contribution in [-0.4, -0.2) is 24.7 Å². The highest BCUT2D eigenvalue weighted by atomic mass is 35.5. The average molecular weight is 502 g/mol. The minimum atomic E-state index is -4.45. The van der Waals surface area contributed by atoms with Crippen molar-refractivity contribution in [2.24, 2.45) is 0 Å². The second-order valence-electron chi connectivity index (χ2n) is 6.90. The number of ether oxygens (including phenoxy) is 2. The van der Waals surface area contributed by atoms with E-state index in [0.717, 1.165) is 5.56 Å². The lowest BCUT2D eigenvalue weighted by molar-refractivity contribution is -0.137. The number of carbonyl (C=O) groups is 1. The van der Waals surface area contributed by atoms with E-state index in [2.05, 4.69) is 5.32 Å². The summed E-state index contributed by atoms with van der Waals surface area (Å²) in [7, 11) is 1.50. The highest BCUT2D eigenvalue weighted by molar-refractivity contribution is 7.12. The van der Waals surface area contributed by atoms with E-state index >= 15 is 0 Å². The van der Waals surface area contributed by atoms with Crippen LogP contribution < -0.4 is 14.8 Å².